The van der Waals surface area contributed by atoms with Crippen LogP contribution in [0.4, 0.5) is 11.4 Å². The topological polar surface area (TPSA) is 51.4 Å². The van der Waals surface area contributed by atoms with Gasteiger partial charge >= 0.3 is 0 Å². The van der Waals surface area contributed by atoms with E-state index in [-0.39, 0.29) is 0 Å². The molecular formula is C13H19N3O. The number of aromatic nitrogens is 1. The van der Waals surface area contributed by atoms with Crippen LogP contribution < -0.4 is 10.6 Å². The van der Waals surface area contributed by atoms with Crippen molar-refractivity contribution in [1.82, 2.24) is 4.98 Å². The van der Waals surface area contributed by atoms with E-state index in [0.717, 1.165) is 43.1 Å². The van der Waals surface area contributed by atoms with E-state index in [0.29, 0.717) is 5.92 Å². The third-order valence-corrected chi connectivity index (χ3v) is 3.38. The Morgan fingerprint density at radius 3 is 2.82 bits per heavy atom. The van der Waals surface area contributed by atoms with Gasteiger partial charge in [-0.1, -0.05) is 6.58 Å². The lowest BCUT2D eigenvalue weighted by molar-refractivity contribution is 0.225. The summed E-state index contributed by atoms with van der Waals surface area (Å²) in [5, 5.41) is 0. The molecule has 1 aromatic rings. The average molecular weight is 233 g/mol. The molecule has 0 amide bonds. The van der Waals surface area contributed by atoms with E-state index in [1.54, 1.807) is 19.5 Å². The van der Waals surface area contributed by atoms with Crippen molar-refractivity contribution in [1.29, 1.82) is 0 Å². The molecule has 1 aliphatic rings. The van der Waals surface area contributed by atoms with Crippen LogP contribution in [0.2, 0.25) is 0 Å². The zero-order chi connectivity index (χ0) is 12.3. The van der Waals surface area contributed by atoms with E-state index in [1.165, 1.54) is 0 Å². The Bertz CT molecular complexity index is 397. The minimum absolute atomic E-state index is 0.472. The second-order valence-corrected chi connectivity index (χ2v) is 4.37. The summed E-state index contributed by atoms with van der Waals surface area (Å²) in [6.07, 6.45) is 5.62. The van der Waals surface area contributed by atoms with Crippen molar-refractivity contribution in [2.24, 2.45) is 5.92 Å². The van der Waals surface area contributed by atoms with E-state index in [2.05, 4.69) is 16.5 Å². The quantitative estimate of drug-likeness (QED) is 0.812. The summed E-state index contributed by atoms with van der Waals surface area (Å²) in [5.41, 5.74) is 7.76. The number of nitrogens with two attached hydrogens (primary N) is 1. The number of hydrogen-bond acceptors (Lipinski definition) is 4. The van der Waals surface area contributed by atoms with Gasteiger partial charge in [-0.05, 0) is 18.9 Å². The molecule has 0 aliphatic carbocycles. The van der Waals surface area contributed by atoms with Gasteiger partial charge in [0.05, 0.1) is 30.4 Å². The molecule has 0 atom stereocenters. The lowest BCUT2D eigenvalue weighted by atomic mass is 9.95. The maximum Gasteiger partial charge on any atom is 0.0916 e. The molecule has 0 aromatic carbocycles. The van der Waals surface area contributed by atoms with Crippen molar-refractivity contribution < 1.29 is 4.74 Å². The van der Waals surface area contributed by atoms with Crippen LogP contribution in [0.25, 0.3) is 0 Å². The average Bonchev–Trinajstić information content (AvgIpc) is 2.39. The number of anilines is 2. The molecule has 0 unspecified atom stereocenters. The number of rotatable bonds is 3. The van der Waals surface area contributed by atoms with Crippen molar-refractivity contribution >= 4 is 11.4 Å². The molecule has 2 N–H and O–H groups in total. The smallest absolute Gasteiger partial charge is 0.0916 e. The molecule has 0 saturated carbocycles. The summed E-state index contributed by atoms with van der Waals surface area (Å²) in [4.78, 5) is 6.31. The molecular weight excluding hydrogens is 214 g/mol. The van der Waals surface area contributed by atoms with Crippen LogP contribution in [0.5, 0.6) is 0 Å². The zero-order valence-corrected chi connectivity index (χ0v) is 10.2. The highest BCUT2D eigenvalue weighted by Gasteiger charge is 2.22. The molecule has 0 spiro atoms. The monoisotopic (exact) mass is 233 g/mol. The maximum absolute atomic E-state index is 5.93. The van der Waals surface area contributed by atoms with Gasteiger partial charge in [-0.3, -0.25) is 4.98 Å². The summed E-state index contributed by atoms with van der Waals surface area (Å²) < 4.78 is 5.21. The molecule has 2 rings (SSSR count). The standard InChI is InChI=1S/C13H19N3O/c1-10(17-2)11-4-7-16(8-5-11)13-3-6-15-9-12(13)14/h3,6,9,11H,1,4-5,7-8,14H2,2H3. The fourth-order valence-corrected chi connectivity index (χ4v) is 2.30. The molecule has 2 heterocycles. The van der Waals surface area contributed by atoms with Crippen LogP contribution >= 0.6 is 0 Å². The van der Waals surface area contributed by atoms with E-state index in [4.69, 9.17) is 10.5 Å². The minimum Gasteiger partial charge on any atom is -0.501 e. The molecule has 4 nitrogen and oxygen atoms in total. The number of nitrogen functional groups attached to an aromatic ring is 1. The lowest BCUT2D eigenvalue weighted by Gasteiger charge is -2.34. The normalized spacial score (nSPS) is 16.9. The zero-order valence-electron chi connectivity index (χ0n) is 10.2. The van der Waals surface area contributed by atoms with Crippen LogP contribution in [0.15, 0.2) is 30.8 Å². The van der Waals surface area contributed by atoms with Gasteiger partial charge in [-0.15, -0.1) is 0 Å². The Morgan fingerprint density at radius 2 is 2.24 bits per heavy atom. The Labute approximate surface area is 102 Å². The van der Waals surface area contributed by atoms with Gasteiger partial charge in [0.2, 0.25) is 0 Å². The van der Waals surface area contributed by atoms with Crippen LogP contribution in [0, 0.1) is 5.92 Å². The third-order valence-electron chi connectivity index (χ3n) is 3.38. The predicted molar refractivity (Wildman–Crippen MR) is 69.7 cm³/mol. The van der Waals surface area contributed by atoms with Crippen molar-refractivity contribution in [3.8, 4) is 0 Å². The SMILES string of the molecule is C=C(OC)C1CCN(c2ccncc2N)CC1. The molecule has 1 aromatic heterocycles. The van der Waals surface area contributed by atoms with Crippen LogP contribution in [0.1, 0.15) is 12.8 Å². The number of ether oxygens (including phenoxy) is 1. The molecule has 0 bridgehead atoms. The minimum atomic E-state index is 0.472. The van der Waals surface area contributed by atoms with Gasteiger partial charge < -0.3 is 15.4 Å². The second kappa shape index (κ2) is 5.08. The lowest BCUT2D eigenvalue weighted by Crippen LogP contribution is -2.34. The van der Waals surface area contributed by atoms with Crippen molar-refractivity contribution in [3.05, 3.63) is 30.8 Å². The first kappa shape index (κ1) is 11.8. The summed E-state index contributed by atoms with van der Waals surface area (Å²) in [7, 11) is 1.69. The van der Waals surface area contributed by atoms with Crippen LogP contribution in [-0.4, -0.2) is 25.2 Å². The molecule has 0 radical (unpaired) electrons. The Kier molecular flexibility index (Phi) is 3.52. The van der Waals surface area contributed by atoms with Gasteiger partial charge in [0.25, 0.3) is 0 Å². The first-order valence-corrected chi connectivity index (χ1v) is 5.89. The largest absolute Gasteiger partial charge is 0.501 e. The number of allylic oxidation sites excluding steroid dienone is 1. The molecule has 4 heteroatoms. The van der Waals surface area contributed by atoms with Gasteiger partial charge in [0.15, 0.2) is 0 Å². The van der Waals surface area contributed by atoms with Crippen molar-refractivity contribution in [3.63, 3.8) is 0 Å². The Balaban J connectivity index is 2.00. The Hall–Kier alpha value is -1.71. The van der Waals surface area contributed by atoms with E-state index >= 15 is 0 Å². The molecule has 1 fully saturated rings. The van der Waals surface area contributed by atoms with Gasteiger partial charge in [0.1, 0.15) is 0 Å². The summed E-state index contributed by atoms with van der Waals surface area (Å²) in [6.45, 7) is 5.91. The van der Waals surface area contributed by atoms with Gasteiger partial charge in [0, 0.05) is 25.2 Å². The molecule has 1 aliphatic heterocycles. The van der Waals surface area contributed by atoms with Crippen molar-refractivity contribution in [2.75, 3.05) is 30.8 Å². The number of piperidine rings is 1. The van der Waals surface area contributed by atoms with Crippen LogP contribution in [0.3, 0.4) is 0 Å². The molecule has 1 saturated heterocycles. The third kappa shape index (κ3) is 2.52. The highest BCUT2D eigenvalue weighted by Crippen LogP contribution is 2.29. The number of hydrogen-bond donors (Lipinski definition) is 1. The maximum atomic E-state index is 5.93. The van der Waals surface area contributed by atoms with Gasteiger partial charge in [-0.25, -0.2) is 0 Å². The summed E-state index contributed by atoms with van der Waals surface area (Å²) >= 11 is 0. The molecule has 92 valence electrons. The predicted octanol–water partition coefficient (Wildman–Crippen LogP) is 2.04. The summed E-state index contributed by atoms with van der Waals surface area (Å²) in [5.74, 6) is 1.37. The van der Waals surface area contributed by atoms with E-state index < -0.39 is 0 Å². The number of pyridine rings is 1. The first-order chi connectivity index (χ1) is 8.22. The first-order valence-electron chi connectivity index (χ1n) is 5.89. The molecule has 17 heavy (non-hydrogen) atoms. The second-order valence-electron chi connectivity index (χ2n) is 4.37. The van der Waals surface area contributed by atoms with Crippen LogP contribution in [-0.2, 0) is 4.74 Å². The summed E-state index contributed by atoms with van der Waals surface area (Å²) in [6, 6.07) is 1.97. The Morgan fingerprint density at radius 1 is 1.53 bits per heavy atom. The van der Waals surface area contributed by atoms with Gasteiger partial charge in [-0.2, -0.15) is 0 Å². The van der Waals surface area contributed by atoms with E-state index in [1.807, 2.05) is 6.07 Å². The number of methoxy groups -OCH3 is 1. The van der Waals surface area contributed by atoms with Crippen molar-refractivity contribution in [2.45, 2.75) is 12.8 Å². The number of nitrogens with zero attached hydrogens (tertiary/aromatic N) is 2. The highest BCUT2D eigenvalue weighted by molar-refractivity contribution is 5.66. The fraction of sp³-hybridized carbons (Fsp3) is 0.462. The van der Waals surface area contributed by atoms with E-state index in [9.17, 15) is 0 Å². The highest BCUT2D eigenvalue weighted by atomic mass is 16.5. The fourth-order valence-electron chi connectivity index (χ4n) is 2.30.